The predicted molar refractivity (Wildman–Crippen MR) is 522 cm³/mol. The summed E-state index contributed by atoms with van der Waals surface area (Å²) in [5, 5.41) is 9.21. The normalized spacial score (nSPS) is 24.4. The maximum absolute atomic E-state index is 13.8. The summed E-state index contributed by atoms with van der Waals surface area (Å²) in [4.78, 5) is 129. The Morgan fingerprint density at radius 2 is 0.763 bits per heavy atom. The minimum atomic E-state index is -0.476. The van der Waals surface area contributed by atoms with Gasteiger partial charge in [-0.3, -0.25) is 29.1 Å². The number of amides is 11. The van der Waals surface area contributed by atoms with Crippen LogP contribution in [0.5, 0.6) is 0 Å². The number of carbonyl (C=O) groups excluding carboxylic acids is 8. The third kappa shape index (κ3) is 24.4. The van der Waals surface area contributed by atoms with Crippen LogP contribution >= 0.6 is 0 Å². The number of rotatable bonds is 16. The molecule has 5 saturated carbocycles. The zero-order valence-corrected chi connectivity index (χ0v) is 82.7. The van der Waals surface area contributed by atoms with E-state index in [1.807, 2.05) is 131 Å². The van der Waals surface area contributed by atoms with Crippen LogP contribution in [0.4, 0.5) is 19.2 Å². The standard InChI is InChI=1S/C30H43N3O2.C29H43N3O2.C25H36N4O2.C25H35N3O3/c1-5-32(29(35)31-30(2,3)4)19-20-10-12-22(13-11-20)28(34)33-17-16-25-24-9-7-6-8-23(24)18-26(25)27(33)21-14-15-21;1-6-26-25-18-22-10-8-9-11-23(22)24(25)16-17-32(26)27(33)21-14-12-20(13-15-21)19-31(7-2)28(34)30-29(3,4)5;1-25(2,3)27-24(31)28(4)15-17-7-9-18(10-8-17)23(30)29-13-11-20-19(16-29)14-22-21(20)6-5-12-26-22;1-25(2,3)31-24(30)27(4)15-17-7-9-18(10-8-17)23(29)28-13-11-20-19(16-28)14-22-21(20)6-5-12-26-22/h6-9,20-22,27H,5,10-19H2,1-4H3,(H,31,35);8-11,20-21,26H,6-7,12-19H2,1-5H3,(H,30,34);5-6,12,17-18H,7-11,13-16H2,1-4H3,(H,27,31);5-6,12,17-18H,7-11,13-16H2,1-4H3. The van der Waals surface area contributed by atoms with Crippen molar-refractivity contribution in [1.29, 1.82) is 0 Å². The Balaban J connectivity index is 0.000000141. The number of pyridine rings is 2. The van der Waals surface area contributed by atoms with Crippen molar-refractivity contribution < 1.29 is 43.1 Å². The van der Waals surface area contributed by atoms with Gasteiger partial charge in [-0.25, -0.2) is 19.2 Å². The molecule has 9 aliphatic carbocycles. The molecular weight excluding hydrogens is 1640 g/mol. The van der Waals surface area contributed by atoms with E-state index in [0.29, 0.717) is 72.3 Å². The van der Waals surface area contributed by atoms with Crippen LogP contribution in [0.1, 0.15) is 296 Å². The van der Waals surface area contributed by atoms with Crippen molar-refractivity contribution in [3.63, 3.8) is 0 Å². The molecule has 131 heavy (non-hydrogen) atoms. The molecule has 13 aliphatic rings. The Morgan fingerprint density at radius 3 is 1.18 bits per heavy atom. The first kappa shape index (κ1) is 97.7. The Labute approximate surface area is 783 Å². The number of carbonyl (C=O) groups is 8. The summed E-state index contributed by atoms with van der Waals surface area (Å²) < 4.78 is 5.45. The monoisotopic (exact) mass is 1790 g/mol. The number of urea groups is 3. The first-order valence-corrected chi connectivity index (χ1v) is 50.6. The second-order valence-corrected chi connectivity index (χ2v) is 44.7. The van der Waals surface area contributed by atoms with Crippen molar-refractivity contribution in [1.82, 2.24) is 65.1 Å². The van der Waals surface area contributed by atoms with Crippen molar-refractivity contribution in [2.24, 2.45) is 53.3 Å². The maximum atomic E-state index is 13.8. The van der Waals surface area contributed by atoms with Gasteiger partial charge in [0.15, 0.2) is 0 Å². The second-order valence-electron chi connectivity index (χ2n) is 44.7. The van der Waals surface area contributed by atoms with Gasteiger partial charge >= 0.3 is 24.2 Å². The first-order chi connectivity index (χ1) is 62.4. The molecule has 6 heterocycles. The Morgan fingerprint density at radius 1 is 0.397 bits per heavy atom. The van der Waals surface area contributed by atoms with Crippen molar-refractivity contribution >= 4 is 70.1 Å². The highest BCUT2D eigenvalue weighted by molar-refractivity contribution is 5.88. The van der Waals surface area contributed by atoms with Gasteiger partial charge in [-0.15, -0.1) is 0 Å². The van der Waals surface area contributed by atoms with Crippen LogP contribution in [-0.2, 0) is 49.6 Å². The molecule has 17 rings (SSSR count). The number of benzene rings is 2. The van der Waals surface area contributed by atoms with E-state index in [1.165, 1.54) is 85.4 Å². The highest BCUT2D eigenvalue weighted by Gasteiger charge is 2.48. The van der Waals surface area contributed by atoms with Gasteiger partial charge in [0, 0.05) is 158 Å². The fourth-order valence-corrected chi connectivity index (χ4v) is 23.5. The predicted octanol–water partition coefficient (Wildman–Crippen LogP) is 19.5. The lowest BCUT2D eigenvalue weighted by Crippen LogP contribution is -2.50. The minimum absolute atomic E-state index is 0.0184. The lowest BCUT2D eigenvalue weighted by atomic mass is 9.80. The van der Waals surface area contributed by atoms with E-state index in [4.69, 9.17) is 4.74 Å². The van der Waals surface area contributed by atoms with Crippen LogP contribution in [0.25, 0.3) is 22.3 Å². The molecule has 2 atom stereocenters. The smallest absolute Gasteiger partial charge is 0.410 e. The Kier molecular flexibility index (Phi) is 31.4. The van der Waals surface area contributed by atoms with Crippen LogP contribution < -0.4 is 16.0 Å². The molecule has 2 aromatic carbocycles. The molecule has 22 heteroatoms. The van der Waals surface area contributed by atoms with E-state index in [2.05, 4.69) is 120 Å². The van der Waals surface area contributed by atoms with Gasteiger partial charge in [0.05, 0.1) is 23.5 Å². The Bertz CT molecular complexity index is 4750. The van der Waals surface area contributed by atoms with Gasteiger partial charge in [-0.2, -0.15) is 0 Å². The molecule has 0 spiro atoms. The number of fused-ring (bicyclic) bond motifs is 8. The largest absolute Gasteiger partial charge is 0.444 e. The van der Waals surface area contributed by atoms with Crippen molar-refractivity contribution in [3.05, 3.63) is 152 Å². The summed E-state index contributed by atoms with van der Waals surface area (Å²) in [6.45, 7) is 39.4. The van der Waals surface area contributed by atoms with Gasteiger partial charge < -0.3 is 59.9 Å². The summed E-state index contributed by atoms with van der Waals surface area (Å²) in [5.41, 5.74) is 21.2. The molecule has 11 amide bonds. The second kappa shape index (κ2) is 42.1. The average Bonchev–Trinajstić information content (AvgIpc) is 1.60. The van der Waals surface area contributed by atoms with Crippen molar-refractivity contribution in [3.8, 4) is 0 Å². The van der Waals surface area contributed by atoms with Gasteiger partial charge in [0.1, 0.15) is 5.60 Å². The van der Waals surface area contributed by atoms with E-state index < -0.39 is 5.60 Å². The van der Waals surface area contributed by atoms with Crippen LogP contribution in [0, 0.1) is 53.3 Å². The lowest BCUT2D eigenvalue weighted by molar-refractivity contribution is -0.139. The Hall–Kier alpha value is -9.34. The van der Waals surface area contributed by atoms with Gasteiger partial charge in [-0.05, 0) is 377 Å². The van der Waals surface area contributed by atoms with Crippen LogP contribution in [-0.4, -0.2) is 224 Å². The SMILES string of the molecule is CCC1C2=C(CCN1C(=O)C1CCC(CN(CC)C(=O)NC(C)(C)C)CC1)c1ccccc1C2.CCN(CC1CCC(C(=O)N2CCC3=C(Cc4ccccc43)C2C2CC2)CC1)C(=O)NC(C)(C)C.CN(CC1CCC(C(=O)N2CCC3=C(Cc4ncccc43)C2)CC1)C(=O)NC(C)(C)C.CN(CC1CCC(C(=O)N2CCC3=C(Cc4ncccc43)C2)CC1)C(=O)OC(C)(C)C. The zero-order valence-electron chi connectivity index (χ0n) is 82.7. The number of ether oxygens (including phenoxy) is 1. The molecule has 22 nitrogen and oxygen atoms in total. The summed E-state index contributed by atoms with van der Waals surface area (Å²) in [5.74, 6) is 4.50. The molecule has 2 unspecified atom stereocenters. The molecule has 0 bridgehead atoms. The van der Waals surface area contributed by atoms with E-state index >= 15 is 0 Å². The van der Waals surface area contributed by atoms with E-state index in [1.54, 1.807) is 28.0 Å². The fourth-order valence-electron chi connectivity index (χ4n) is 23.5. The third-order valence-corrected chi connectivity index (χ3v) is 30.3. The summed E-state index contributed by atoms with van der Waals surface area (Å²) in [7, 11) is 3.67. The van der Waals surface area contributed by atoms with Gasteiger partial charge in [0.25, 0.3) is 0 Å². The van der Waals surface area contributed by atoms with Crippen LogP contribution in [0.2, 0.25) is 0 Å². The molecule has 0 radical (unpaired) electrons. The number of nitrogens with zero attached hydrogens (tertiary/aromatic N) is 10. The van der Waals surface area contributed by atoms with E-state index in [0.717, 1.165) is 232 Å². The molecule has 5 fully saturated rings. The van der Waals surface area contributed by atoms with Crippen LogP contribution in [0.15, 0.2) is 107 Å². The molecule has 4 aliphatic heterocycles. The lowest BCUT2D eigenvalue weighted by Gasteiger charge is -2.41. The highest BCUT2D eigenvalue weighted by Crippen LogP contribution is 2.51. The average molecular weight is 1790 g/mol. The summed E-state index contributed by atoms with van der Waals surface area (Å²) >= 11 is 0. The topological polar surface area (TPSA) is 234 Å². The third-order valence-electron chi connectivity index (χ3n) is 30.3. The highest BCUT2D eigenvalue weighted by atomic mass is 16.6. The molecule has 3 N–H and O–H groups in total. The van der Waals surface area contributed by atoms with E-state index in [9.17, 15) is 38.4 Å². The van der Waals surface area contributed by atoms with Crippen molar-refractivity contribution in [2.45, 2.75) is 312 Å². The van der Waals surface area contributed by atoms with Crippen LogP contribution in [0.3, 0.4) is 0 Å². The molecular formula is C109H157N13O9. The zero-order chi connectivity index (χ0) is 93.5. The summed E-state index contributed by atoms with van der Waals surface area (Å²) in [6, 6.07) is 26.6. The minimum Gasteiger partial charge on any atom is -0.444 e. The number of hydrogen-bond donors (Lipinski definition) is 3. The number of hydrogen-bond acceptors (Lipinski definition) is 11. The number of aromatic nitrogens is 2. The van der Waals surface area contributed by atoms with Gasteiger partial charge in [0.2, 0.25) is 23.6 Å². The quantitative estimate of drug-likeness (QED) is 0.0954. The molecule has 2 aromatic heterocycles. The van der Waals surface area contributed by atoms with Crippen molar-refractivity contribution in [2.75, 3.05) is 92.6 Å². The maximum Gasteiger partial charge on any atom is 0.410 e. The fraction of sp³-hybridized carbons (Fsp3) is 0.651. The molecule has 0 saturated heterocycles. The van der Waals surface area contributed by atoms with E-state index in [-0.39, 0.29) is 70.5 Å². The first-order valence-electron chi connectivity index (χ1n) is 50.6. The van der Waals surface area contributed by atoms with Gasteiger partial charge in [-0.1, -0.05) is 67.6 Å². The summed E-state index contributed by atoms with van der Waals surface area (Å²) in [6.07, 6.45) is 30.3. The number of nitrogens with one attached hydrogen (secondary N) is 3. The molecule has 4 aromatic rings. The molecule has 712 valence electrons.